The number of alkyl carbamates (subject to hydrolysis) is 1. The van der Waals surface area contributed by atoms with Gasteiger partial charge in [0.25, 0.3) is 0 Å². The van der Waals surface area contributed by atoms with Crippen LogP contribution in [0.3, 0.4) is 0 Å². The predicted octanol–water partition coefficient (Wildman–Crippen LogP) is 5.84. The second kappa shape index (κ2) is 12.7. The van der Waals surface area contributed by atoms with E-state index in [9.17, 15) is 9.59 Å². The second-order valence-electron chi connectivity index (χ2n) is 10.7. The normalized spacial score (nSPS) is 16.1. The summed E-state index contributed by atoms with van der Waals surface area (Å²) in [6.45, 7) is 14.5. The molecule has 38 heavy (non-hydrogen) atoms. The van der Waals surface area contributed by atoms with Crippen LogP contribution in [-0.4, -0.2) is 55.1 Å². The van der Waals surface area contributed by atoms with Crippen molar-refractivity contribution in [1.29, 1.82) is 0 Å². The third-order valence-corrected chi connectivity index (χ3v) is 6.09. The van der Waals surface area contributed by atoms with E-state index < -0.39 is 29.9 Å². The molecule has 2 atom stereocenters. The van der Waals surface area contributed by atoms with E-state index in [4.69, 9.17) is 18.9 Å². The lowest BCUT2D eigenvalue weighted by molar-refractivity contribution is 0.0436. The fourth-order valence-corrected chi connectivity index (χ4v) is 4.24. The molecule has 1 fully saturated rings. The van der Waals surface area contributed by atoms with Crippen molar-refractivity contribution >= 4 is 12.2 Å². The van der Waals surface area contributed by atoms with E-state index in [1.165, 1.54) is 5.56 Å². The molecule has 1 aliphatic heterocycles. The highest BCUT2D eigenvalue weighted by Crippen LogP contribution is 2.30. The summed E-state index contributed by atoms with van der Waals surface area (Å²) in [6.07, 6.45) is 0.497. The highest BCUT2D eigenvalue weighted by atomic mass is 16.6. The number of rotatable bonds is 11. The number of amides is 2. The SMILES string of the molecule is C=CCOc1cc(C[C@H](NC(=O)OC(C)(C)C)[C@H]2CN(Cc3cccc(C(C)C)c3)C(=O)O2)ccc1OC. The van der Waals surface area contributed by atoms with Crippen LogP contribution < -0.4 is 14.8 Å². The number of carbonyl (C=O) groups is 2. The Hall–Kier alpha value is -3.68. The third-order valence-electron chi connectivity index (χ3n) is 6.09. The summed E-state index contributed by atoms with van der Waals surface area (Å²) in [5.74, 6) is 1.55. The number of benzene rings is 2. The average molecular weight is 525 g/mol. The van der Waals surface area contributed by atoms with E-state index in [1.807, 2.05) is 30.3 Å². The Kier molecular flexibility index (Phi) is 9.66. The van der Waals surface area contributed by atoms with Gasteiger partial charge in [0, 0.05) is 6.54 Å². The van der Waals surface area contributed by atoms with Crippen molar-refractivity contribution in [2.75, 3.05) is 20.3 Å². The van der Waals surface area contributed by atoms with Crippen LogP contribution >= 0.6 is 0 Å². The summed E-state index contributed by atoms with van der Waals surface area (Å²) in [4.78, 5) is 27.3. The number of nitrogens with one attached hydrogen (secondary N) is 1. The molecule has 0 aromatic heterocycles. The molecule has 3 rings (SSSR count). The monoisotopic (exact) mass is 524 g/mol. The number of ether oxygens (including phenoxy) is 4. The second-order valence-corrected chi connectivity index (χ2v) is 10.7. The molecule has 2 amide bonds. The molecule has 2 aromatic carbocycles. The number of cyclic esters (lactones) is 1. The van der Waals surface area contributed by atoms with Gasteiger partial charge in [0.2, 0.25) is 0 Å². The lowest BCUT2D eigenvalue weighted by Crippen LogP contribution is -2.48. The lowest BCUT2D eigenvalue weighted by atomic mass is 10.00. The lowest BCUT2D eigenvalue weighted by Gasteiger charge is -2.26. The first-order valence-electron chi connectivity index (χ1n) is 12.9. The van der Waals surface area contributed by atoms with E-state index in [1.54, 1.807) is 38.9 Å². The molecule has 0 bridgehead atoms. The third kappa shape index (κ3) is 8.16. The topological polar surface area (TPSA) is 86.3 Å². The van der Waals surface area contributed by atoms with Gasteiger partial charge in [0.1, 0.15) is 18.3 Å². The van der Waals surface area contributed by atoms with Gasteiger partial charge in [0.15, 0.2) is 11.5 Å². The van der Waals surface area contributed by atoms with Gasteiger partial charge in [-0.1, -0.05) is 56.8 Å². The summed E-state index contributed by atoms with van der Waals surface area (Å²) >= 11 is 0. The molecule has 206 valence electrons. The maximum absolute atomic E-state index is 12.8. The molecule has 8 heteroatoms. The van der Waals surface area contributed by atoms with Gasteiger partial charge in [-0.15, -0.1) is 0 Å². The minimum absolute atomic E-state index is 0.326. The Morgan fingerprint density at radius 3 is 2.61 bits per heavy atom. The Balaban J connectivity index is 1.80. The minimum atomic E-state index is -0.666. The molecule has 1 N–H and O–H groups in total. The van der Waals surface area contributed by atoms with Gasteiger partial charge in [-0.3, -0.25) is 0 Å². The van der Waals surface area contributed by atoms with Crippen molar-refractivity contribution in [2.24, 2.45) is 0 Å². The van der Waals surface area contributed by atoms with Crippen molar-refractivity contribution in [1.82, 2.24) is 10.2 Å². The molecule has 0 unspecified atom stereocenters. The van der Waals surface area contributed by atoms with Gasteiger partial charge in [-0.05, 0) is 61.9 Å². The van der Waals surface area contributed by atoms with E-state index in [-0.39, 0.29) is 0 Å². The van der Waals surface area contributed by atoms with Gasteiger partial charge in [0.05, 0.1) is 19.7 Å². The summed E-state index contributed by atoms with van der Waals surface area (Å²) in [6, 6.07) is 13.3. The van der Waals surface area contributed by atoms with Gasteiger partial charge < -0.3 is 29.2 Å². The molecular weight excluding hydrogens is 484 g/mol. The van der Waals surface area contributed by atoms with E-state index >= 15 is 0 Å². The van der Waals surface area contributed by atoms with Crippen LogP contribution in [0.2, 0.25) is 0 Å². The zero-order valence-electron chi connectivity index (χ0n) is 23.3. The molecular formula is C30H40N2O6. The molecule has 1 heterocycles. The maximum Gasteiger partial charge on any atom is 0.410 e. The Labute approximate surface area is 225 Å². The Morgan fingerprint density at radius 2 is 1.95 bits per heavy atom. The minimum Gasteiger partial charge on any atom is -0.493 e. The van der Waals surface area contributed by atoms with E-state index in [2.05, 4.69) is 37.9 Å². The van der Waals surface area contributed by atoms with Gasteiger partial charge in [-0.2, -0.15) is 0 Å². The van der Waals surface area contributed by atoms with Crippen LogP contribution in [-0.2, 0) is 22.4 Å². The molecule has 8 nitrogen and oxygen atoms in total. The van der Waals surface area contributed by atoms with Crippen molar-refractivity contribution in [3.05, 3.63) is 71.8 Å². The van der Waals surface area contributed by atoms with Crippen LogP contribution in [0, 0.1) is 0 Å². The quantitative estimate of drug-likeness (QED) is 0.372. The molecule has 0 saturated carbocycles. The molecule has 1 aliphatic rings. The van der Waals surface area contributed by atoms with Crippen LogP contribution in [0.4, 0.5) is 9.59 Å². The number of carbonyl (C=O) groups excluding carboxylic acids is 2. The fraction of sp³-hybridized carbons (Fsp3) is 0.467. The average Bonchev–Trinajstić information content (AvgIpc) is 3.21. The number of hydrogen-bond acceptors (Lipinski definition) is 6. The van der Waals surface area contributed by atoms with Crippen molar-refractivity contribution in [3.8, 4) is 11.5 Å². The standard InChI is InChI=1S/C30H40N2O6/c1-8-14-36-26-17-21(12-13-25(26)35-7)16-24(31-28(33)38-30(4,5)6)27-19-32(29(34)37-27)18-22-10-9-11-23(15-22)20(2)3/h8-13,15,17,20,24,27H,1,14,16,18-19H2,2-7H3,(H,31,33)/t24-,27+/m0/s1. The number of hydrogen-bond donors (Lipinski definition) is 1. The van der Waals surface area contributed by atoms with Crippen molar-refractivity contribution in [3.63, 3.8) is 0 Å². The summed E-state index contributed by atoms with van der Waals surface area (Å²) in [7, 11) is 1.58. The van der Waals surface area contributed by atoms with Crippen LogP contribution in [0.5, 0.6) is 11.5 Å². The van der Waals surface area contributed by atoms with E-state index in [0.717, 1.165) is 11.1 Å². The number of nitrogens with zero attached hydrogens (tertiary/aromatic N) is 1. The van der Waals surface area contributed by atoms with Crippen LogP contribution in [0.1, 0.15) is 57.2 Å². The zero-order chi connectivity index (χ0) is 27.9. The van der Waals surface area contributed by atoms with Crippen molar-refractivity contribution < 1.29 is 28.5 Å². The van der Waals surface area contributed by atoms with E-state index in [0.29, 0.717) is 43.5 Å². The molecule has 0 aliphatic carbocycles. The number of methoxy groups -OCH3 is 1. The largest absolute Gasteiger partial charge is 0.493 e. The first-order valence-corrected chi connectivity index (χ1v) is 12.9. The smallest absolute Gasteiger partial charge is 0.410 e. The molecule has 0 spiro atoms. The highest BCUT2D eigenvalue weighted by molar-refractivity contribution is 5.71. The van der Waals surface area contributed by atoms with Crippen LogP contribution in [0.15, 0.2) is 55.1 Å². The summed E-state index contributed by atoms with van der Waals surface area (Å²) in [5, 5.41) is 2.93. The molecule has 1 saturated heterocycles. The zero-order valence-corrected chi connectivity index (χ0v) is 23.3. The predicted molar refractivity (Wildman–Crippen MR) is 147 cm³/mol. The van der Waals surface area contributed by atoms with Gasteiger partial charge >= 0.3 is 12.2 Å². The highest BCUT2D eigenvalue weighted by Gasteiger charge is 2.38. The first kappa shape index (κ1) is 28.9. The molecule has 0 radical (unpaired) electrons. The Morgan fingerprint density at radius 1 is 1.18 bits per heavy atom. The first-order chi connectivity index (χ1) is 18.0. The summed E-state index contributed by atoms with van der Waals surface area (Å²) < 4.78 is 22.4. The van der Waals surface area contributed by atoms with Crippen molar-refractivity contribution in [2.45, 2.75) is 71.2 Å². The van der Waals surface area contributed by atoms with Gasteiger partial charge in [-0.25, -0.2) is 9.59 Å². The maximum atomic E-state index is 12.8. The molecule has 2 aromatic rings. The fourth-order valence-electron chi connectivity index (χ4n) is 4.24. The summed E-state index contributed by atoms with van der Waals surface area (Å²) in [5.41, 5.74) is 2.46. The van der Waals surface area contributed by atoms with Crippen LogP contribution in [0.25, 0.3) is 0 Å². The Bertz CT molecular complexity index is 1120.